The van der Waals surface area contributed by atoms with Gasteiger partial charge < -0.3 is 5.73 Å². The van der Waals surface area contributed by atoms with Gasteiger partial charge in [-0.2, -0.15) is 0 Å². The molecule has 82 valence electrons. The van der Waals surface area contributed by atoms with E-state index in [4.69, 9.17) is 5.73 Å². The number of rotatable bonds is 2. The van der Waals surface area contributed by atoms with E-state index >= 15 is 0 Å². The zero-order valence-electron chi connectivity index (χ0n) is 8.84. The molecule has 1 aliphatic carbocycles. The van der Waals surface area contributed by atoms with Crippen LogP contribution in [0.4, 0.5) is 0 Å². The van der Waals surface area contributed by atoms with E-state index in [1.165, 1.54) is 5.69 Å². The molecule has 0 amide bonds. The molecule has 2 N–H and O–H groups in total. The van der Waals surface area contributed by atoms with Crippen molar-refractivity contribution in [2.45, 2.75) is 24.8 Å². The number of pyridine rings is 1. The van der Waals surface area contributed by atoms with Crippen molar-refractivity contribution >= 4 is 11.3 Å². The minimum Gasteiger partial charge on any atom is -0.328 e. The maximum absolute atomic E-state index is 5.79. The molecule has 1 saturated carbocycles. The number of nitrogens with zero attached hydrogens (tertiary/aromatic N) is 2. The molecule has 0 aromatic carbocycles. The van der Waals surface area contributed by atoms with Crippen molar-refractivity contribution in [2.75, 3.05) is 0 Å². The van der Waals surface area contributed by atoms with Gasteiger partial charge in [-0.15, -0.1) is 11.3 Å². The molecule has 0 radical (unpaired) electrons. The number of hydrogen-bond acceptors (Lipinski definition) is 4. The van der Waals surface area contributed by atoms with Crippen molar-refractivity contribution in [1.82, 2.24) is 9.97 Å². The van der Waals surface area contributed by atoms with E-state index in [0.29, 0.717) is 12.0 Å². The first-order valence-corrected chi connectivity index (χ1v) is 6.33. The Morgan fingerprint density at radius 3 is 2.88 bits per heavy atom. The summed E-state index contributed by atoms with van der Waals surface area (Å²) in [5, 5.41) is 3.15. The largest absolute Gasteiger partial charge is 0.328 e. The minimum atomic E-state index is 0.380. The molecule has 0 aliphatic heterocycles. The van der Waals surface area contributed by atoms with Crippen molar-refractivity contribution in [3.63, 3.8) is 0 Å². The molecule has 16 heavy (non-hydrogen) atoms. The zero-order valence-corrected chi connectivity index (χ0v) is 9.65. The normalized spacial score (nSPS) is 24.1. The topological polar surface area (TPSA) is 51.8 Å². The number of aromatic nitrogens is 2. The summed E-state index contributed by atoms with van der Waals surface area (Å²) in [5.41, 5.74) is 7.94. The second kappa shape index (κ2) is 3.96. The summed E-state index contributed by atoms with van der Waals surface area (Å²) < 4.78 is 0. The Balaban J connectivity index is 1.83. The van der Waals surface area contributed by atoms with E-state index in [1.807, 2.05) is 18.2 Å². The number of hydrogen-bond donors (Lipinski definition) is 1. The van der Waals surface area contributed by atoms with Crippen molar-refractivity contribution < 1.29 is 0 Å². The standard InChI is InChI=1S/C12H13N3S/c13-9-5-8(6-9)11-7-16-12(15-11)10-3-1-2-4-14-10/h1-4,7-9H,5-6,13H2. The van der Waals surface area contributed by atoms with Crippen LogP contribution in [0, 0.1) is 0 Å². The average molecular weight is 231 g/mol. The lowest BCUT2D eigenvalue weighted by Crippen LogP contribution is -2.34. The van der Waals surface area contributed by atoms with E-state index < -0.39 is 0 Å². The van der Waals surface area contributed by atoms with Crippen LogP contribution in [0.2, 0.25) is 0 Å². The molecule has 0 saturated heterocycles. The lowest BCUT2D eigenvalue weighted by Gasteiger charge is -2.30. The Kier molecular flexibility index (Phi) is 2.46. The minimum absolute atomic E-state index is 0.380. The molecule has 1 aliphatic rings. The molecule has 2 heterocycles. The fraction of sp³-hybridized carbons (Fsp3) is 0.333. The van der Waals surface area contributed by atoms with Crippen LogP contribution in [0.25, 0.3) is 10.7 Å². The van der Waals surface area contributed by atoms with Crippen LogP contribution < -0.4 is 5.73 Å². The highest BCUT2D eigenvalue weighted by atomic mass is 32.1. The first kappa shape index (κ1) is 9.93. The number of nitrogens with two attached hydrogens (primary N) is 1. The SMILES string of the molecule is NC1CC(c2csc(-c3ccccn3)n2)C1. The van der Waals surface area contributed by atoms with Gasteiger partial charge in [-0.1, -0.05) is 6.07 Å². The fourth-order valence-electron chi connectivity index (χ4n) is 1.98. The molecule has 0 spiro atoms. The summed E-state index contributed by atoms with van der Waals surface area (Å²) in [6.07, 6.45) is 3.95. The molecular formula is C12H13N3S. The van der Waals surface area contributed by atoms with Crippen molar-refractivity contribution in [3.8, 4) is 10.7 Å². The van der Waals surface area contributed by atoms with Gasteiger partial charge in [0, 0.05) is 23.5 Å². The molecule has 4 heteroatoms. The Bertz CT molecular complexity index is 474. The van der Waals surface area contributed by atoms with E-state index in [9.17, 15) is 0 Å². The van der Waals surface area contributed by atoms with E-state index in [2.05, 4.69) is 15.3 Å². The van der Waals surface area contributed by atoms with E-state index in [-0.39, 0.29) is 0 Å². The molecule has 1 fully saturated rings. The van der Waals surface area contributed by atoms with Crippen molar-refractivity contribution in [1.29, 1.82) is 0 Å². The Labute approximate surface area is 98.4 Å². The molecule has 0 atom stereocenters. The average Bonchev–Trinajstić information content (AvgIpc) is 2.75. The second-order valence-electron chi connectivity index (χ2n) is 4.22. The highest BCUT2D eigenvalue weighted by molar-refractivity contribution is 7.13. The van der Waals surface area contributed by atoms with Gasteiger partial charge in [-0.05, 0) is 25.0 Å². The third kappa shape index (κ3) is 1.74. The van der Waals surface area contributed by atoms with E-state index in [0.717, 1.165) is 23.5 Å². The molecule has 3 nitrogen and oxygen atoms in total. The summed E-state index contributed by atoms with van der Waals surface area (Å²) in [5.74, 6) is 0.573. The third-order valence-corrected chi connectivity index (χ3v) is 3.88. The van der Waals surface area contributed by atoms with Crippen LogP contribution in [0.3, 0.4) is 0 Å². The summed E-state index contributed by atoms with van der Waals surface area (Å²) >= 11 is 1.67. The predicted octanol–water partition coefficient (Wildman–Crippen LogP) is 2.41. The Morgan fingerprint density at radius 1 is 1.31 bits per heavy atom. The highest BCUT2D eigenvalue weighted by Gasteiger charge is 2.29. The fourth-order valence-corrected chi connectivity index (χ4v) is 2.86. The molecule has 0 bridgehead atoms. The van der Waals surface area contributed by atoms with Gasteiger partial charge in [-0.25, -0.2) is 4.98 Å². The van der Waals surface area contributed by atoms with Crippen LogP contribution in [0.1, 0.15) is 24.5 Å². The molecule has 2 aromatic rings. The smallest absolute Gasteiger partial charge is 0.142 e. The van der Waals surface area contributed by atoms with Crippen molar-refractivity contribution in [2.24, 2.45) is 5.73 Å². The van der Waals surface area contributed by atoms with Crippen LogP contribution in [0.5, 0.6) is 0 Å². The van der Waals surface area contributed by atoms with Crippen LogP contribution >= 0.6 is 11.3 Å². The second-order valence-corrected chi connectivity index (χ2v) is 5.08. The van der Waals surface area contributed by atoms with Gasteiger partial charge in [0.25, 0.3) is 0 Å². The van der Waals surface area contributed by atoms with Crippen molar-refractivity contribution in [3.05, 3.63) is 35.5 Å². The van der Waals surface area contributed by atoms with Crippen LogP contribution in [-0.2, 0) is 0 Å². The van der Waals surface area contributed by atoms with Gasteiger partial charge in [0.15, 0.2) is 0 Å². The first-order chi connectivity index (χ1) is 7.83. The van der Waals surface area contributed by atoms with Gasteiger partial charge >= 0.3 is 0 Å². The summed E-state index contributed by atoms with van der Waals surface area (Å²) in [4.78, 5) is 8.94. The molecular weight excluding hydrogens is 218 g/mol. The maximum Gasteiger partial charge on any atom is 0.142 e. The molecule has 2 aromatic heterocycles. The van der Waals surface area contributed by atoms with Gasteiger partial charge in [-0.3, -0.25) is 4.98 Å². The summed E-state index contributed by atoms with van der Waals surface area (Å²) in [6.45, 7) is 0. The van der Waals surface area contributed by atoms with Gasteiger partial charge in [0.1, 0.15) is 5.01 Å². The van der Waals surface area contributed by atoms with Gasteiger partial charge in [0.2, 0.25) is 0 Å². The Morgan fingerprint density at radius 2 is 2.19 bits per heavy atom. The lowest BCUT2D eigenvalue weighted by molar-refractivity contribution is 0.346. The maximum atomic E-state index is 5.79. The summed E-state index contributed by atoms with van der Waals surface area (Å²) in [6, 6.07) is 6.28. The van der Waals surface area contributed by atoms with Gasteiger partial charge in [0.05, 0.1) is 11.4 Å². The summed E-state index contributed by atoms with van der Waals surface area (Å²) in [7, 11) is 0. The molecule has 3 rings (SSSR count). The van der Waals surface area contributed by atoms with Crippen LogP contribution in [-0.4, -0.2) is 16.0 Å². The van der Waals surface area contributed by atoms with E-state index in [1.54, 1.807) is 17.5 Å². The lowest BCUT2D eigenvalue weighted by atomic mass is 9.79. The van der Waals surface area contributed by atoms with Crippen LogP contribution in [0.15, 0.2) is 29.8 Å². The molecule has 0 unspecified atom stereocenters. The third-order valence-electron chi connectivity index (χ3n) is 3.00. The first-order valence-electron chi connectivity index (χ1n) is 5.45. The highest BCUT2D eigenvalue weighted by Crippen LogP contribution is 2.37. The quantitative estimate of drug-likeness (QED) is 0.863. The zero-order chi connectivity index (χ0) is 11.0. The predicted molar refractivity (Wildman–Crippen MR) is 65.3 cm³/mol. The number of thiazole rings is 1. The Hall–Kier alpha value is -1.26. The monoisotopic (exact) mass is 231 g/mol.